The molecule has 0 bridgehead atoms. The third-order valence-electron chi connectivity index (χ3n) is 4.47. The molecule has 0 aromatic carbocycles. The van der Waals surface area contributed by atoms with Crippen molar-refractivity contribution in [2.24, 2.45) is 11.7 Å². The fraction of sp³-hybridized carbons (Fsp3) is 0.938. The van der Waals surface area contributed by atoms with Crippen molar-refractivity contribution >= 4 is 5.91 Å². The van der Waals surface area contributed by atoms with Gasteiger partial charge in [-0.1, -0.05) is 33.6 Å². The summed E-state index contributed by atoms with van der Waals surface area (Å²) in [6.07, 6.45) is 2.88. The van der Waals surface area contributed by atoms with Gasteiger partial charge in [0.1, 0.15) is 0 Å². The van der Waals surface area contributed by atoms with Gasteiger partial charge in [-0.15, -0.1) is 0 Å². The van der Waals surface area contributed by atoms with E-state index in [1.807, 2.05) is 0 Å². The predicted octanol–water partition coefficient (Wildman–Crippen LogP) is 0.892. The first-order valence-corrected chi connectivity index (χ1v) is 8.41. The van der Waals surface area contributed by atoms with Gasteiger partial charge in [0.2, 0.25) is 5.91 Å². The van der Waals surface area contributed by atoms with Crippen molar-refractivity contribution < 1.29 is 4.79 Å². The number of carbonyl (C=O) groups excluding carboxylic acids is 1. The Morgan fingerprint density at radius 1 is 1.24 bits per heavy atom. The largest absolute Gasteiger partial charge is 0.353 e. The first-order valence-electron chi connectivity index (χ1n) is 8.41. The number of hydrogen-bond donors (Lipinski definition) is 2. The standard InChI is InChI=1S/C16H34N4O/c1-5-6-7-14(17)16(21)18-12-15(13(2)3)20-10-8-19(4)9-11-20/h13-15H,5-12,17H2,1-4H3,(H,18,21)/t14-,15?/m0/s1. The van der Waals surface area contributed by atoms with E-state index in [1.54, 1.807) is 0 Å². The highest BCUT2D eigenvalue weighted by atomic mass is 16.2. The van der Waals surface area contributed by atoms with Crippen molar-refractivity contribution in [3.63, 3.8) is 0 Å². The molecule has 1 saturated heterocycles. The van der Waals surface area contributed by atoms with Gasteiger partial charge in [-0.05, 0) is 19.4 Å². The zero-order chi connectivity index (χ0) is 15.8. The summed E-state index contributed by atoms with van der Waals surface area (Å²) >= 11 is 0. The molecule has 1 aliphatic heterocycles. The first kappa shape index (κ1) is 18.4. The smallest absolute Gasteiger partial charge is 0.236 e. The molecule has 2 atom stereocenters. The molecule has 0 radical (unpaired) electrons. The first-order chi connectivity index (χ1) is 9.95. The molecular formula is C16H34N4O. The molecule has 5 heteroatoms. The molecule has 0 saturated carbocycles. The number of amides is 1. The van der Waals surface area contributed by atoms with Crippen LogP contribution < -0.4 is 11.1 Å². The molecule has 0 aromatic heterocycles. The van der Waals surface area contributed by atoms with Crippen LogP contribution in [0.5, 0.6) is 0 Å². The molecule has 5 nitrogen and oxygen atoms in total. The number of piperazine rings is 1. The minimum Gasteiger partial charge on any atom is -0.353 e. The van der Waals surface area contributed by atoms with Crippen molar-refractivity contribution in [3.05, 3.63) is 0 Å². The van der Waals surface area contributed by atoms with Gasteiger partial charge < -0.3 is 16.0 Å². The fourth-order valence-electron chi connectivity index (χ4n) is 2.83. The molecule has 1 amide bonds. The Balaban J connectivity index is 2.42. The third kappa shape index (κ3) is 6.32. The second-order valence-corrected chi connectivity index (χ2v) is 6.64. The number of nitrogens with two attached hydrogens (primary N) is 1. The molecule has 1 fully saturated rings. The lowest BCUT2D eigenvalue weighted by Gasteiger charge is -2.40. The van der Waals surface area contributed by atoms with Crippen LogP contribution in [0.4, 0.5) is 0 Å². The zero-order valence-corrected chi connectivity index (χ0v) is 14.3. The summed E-state index contributed by atoms with van der Waals surface area (Å²) in [7, 11) is 2.16. The van der Waals surface area contributed by atoms with Gasteiger partial charge >= 0.3 is 0 Å². The van der Waals surface area contributed by atoms with Gasteiger partial charge in [-0.3, -0.25) is 9.69 Å². The van der Waals surface area contributed by atoms with Crippen molar-refractivity contribution in [1.82, 2.24) is 15.1 Å². The van der Waals surface area contributed by atoms with E-state index in [2.05, 4.69) is 42.9 Å². The molecule has 0 aromatic rings. The summed E-state index contributed by atoms with van der Waals surface area (Å²) in [5, 5.41) is 3.06. The monoisotopic (exact) mass is 298 g/mol. The summed E-state index contributed by atoms with van der Waals surface area (Å²) < 4.78 is 0. The molecule has 1 heterocycles. The molecule has 1 unspecified atom stereocenters. The molecule has 21 heavy (non-hydrogen) atoms. The van der Waals surface area contributed by atoms with Crippen LogP contribution in [0.2, 0.25) is 0 Å². The third-order valence-corrected chi connectivity index (χ3v) is 4.47. The van der Waals surface area contributed by atoms with Crippen molar-refractivity contribution in [2.75, 3.05) is 39.8 Å². The van der Waals surface area contributed by atoms with E-state index in [1.165, 1.54) is 0 Å². The zero-order valence-electron chi connectivity index (χ0n) is 14.3. The van der Waals surface area contributed by atoms with Crippen LogP contribution in [0.3, 0.4) is 0 Å². The number of nitrogens with zero attached hydrogens (tertiary/aromatic N) is 2. The lowest BCUT2D eigenvalue weighted by atomic mass is 10.0. The van der Waals surface area contributed by atoms with Crippen molar-refractivity contribution in [1.29, 1.82) is 0 Å². The van der Waals surface area contributed by atoms with Gasteiger partial charge in [0.25, 0.3) is 0 Å². The predicted molar refractivity (Wildman–Crippen MR) is 88.2 cm³/mol. The average molecular weight is 298 g/mol. The Bertz CT molecular complexity index is 301. The summed E-state index contributed by atoms with van der Waals surface area (Å²) in [5.41, 5.74) is 5.93. The fourth-order valence-corrected chi connectivity index (χ4v) is 2.83. The number of unbranched alkanes of at least 4 members (excludes halogenated alkanes) is 1. The Morgan fingerprint density at radius 2 is 1.86 bits per heavy atom. The van der Waals surface area contributed by atoms with Gasteiger partial charge in [-0.25, -0.2) is 0 Å². The van der Waals surface area contributed by atoms with Crippen LogP contribution in [-0.2, 0) is 4.79 Å². The second kappa shape index (κ2) is 9.38. The summed E-state index contributed by atoms with van der Waals surface area (Å²) in [4.78, 5) is 16.9. The topological polar surface area (TPSA) is 61.6 Å². The minimum atomic E-state index is -0.356. The van der Waals surface area contributed by atoms with Crippen molar-refractivity contribution in [3.8, 4) is 0 Å². The average Bonchev–Trinajstić information content (AvgIpc) is 2.46. The molecule has 0 spiro atoms. The molecule has 124 valence electrons. The lowest BCUT2D eigenvalue weighted by Crippen LogP contribution is -2.55. The Kier molecular flexibility index (Phi) is 8.22. The molecule has 1 aliphatic rings. The highest BCUT2D eigenvalue weighted by Gasteiger charge is 2.25. The summed E-state index contributed by atoms with van der Waals surface area (Å²) in [6, 6.07) is 0.0475. The Hall–Kier alpha value is -0.650. The summed E-state index contributed by atoms with van der Waals surface area (Å²) in [6.45, 7) is 11.7. The minimum absolute atomic E-state index is 0.00299. The molecule has 1 rings (SSSR count). The van der Waals surface area contributed by atoms with Gasteiger partial charge in [0.05, 0.1) is 6.04 Å². The van der Waals surface area contributed by atoms with Crippen LogP contribution in [0.1, 0.15) is 40.0 Å². The highest BCUT2D eigenvalue weighted by molar-refractivity contribution is 5.81. The number of rotatable bonds is 8. The normalized spacial score (nSPS) is 20.5. The molecule has 3 N–H and O–H groups in total. The SMILES string of the molecule is CCCC[C@H](N)C(=O)NCC(C(C)C)N1CCN(C)CC1. The van der Waals surface area contributed by atoms with E-state index in [9.17, 15) is 4.79 Å². The number of hydrogen-bond acceptors (Lipinski definition) is 4. The van der Waals surface area contributed by atoms with E-state index >= 15 is 0 Å². The van der Waals surface area contributed by atoms with Crippen molar-refractivity contribution in [2.45, 2.75) is 52.1 Å². The van der Waals surface area contributed by atoms with Crippen LogP contribution >= 0.6 is 0 Å². The van der Waals surface area contributed by atoms with E-state index in [-0.39, 0.29) is 11.9 Å². The highest BCUT2D eigenvalue weighted by Crippen LogP contribution is 2.13. The molecule has 0 aliphatic carbocycles. The maximum atomic E-state index is 12.0. The second-order valence-electron chi connectivity index (χ2n) is 6.64. The maximum absolute atomic E-state index is 12.0. The number of carbonyl (C=O) groups is 1. The molecular weight excluding hydrogens is 264 g/mol. The van der Waals surface area contributed by atoms with Gasteiger partial charge in [0.15, 0.2) is 0 Å². The van der Waals surface area contributed by atoms with E-state index < -0.39 is 0 Å². The lowest BCUT2D eigenvalue weighted by molar-refractivity contribution is -0.122. The number of likely N-dealkylation sites (N-methyl/N-ethyl adjacent to an activating group) is 1. The van der Waals surface area contributed by atoms with E-state index in [0.717, 1.165) is 45.4 Å². The maximum Gasteiger partial charge on any atom is 0.236 e. The summed E-state index contributed by atoms with van der Waals surface area (Å²) in [5.74, 6) is 0.531. The van der Waals surface area contributed by atoms with Gasteiger partial charge in [0, 0.05) is 38.8 Å². The number of nitrogens with one attached hydrogen (secondary N) is 1. The van der Waals surface area contributed by atoms with Gasteiger partial charge in [-0.2, -0.15) is 0 Å². The Morgan fingerprint density at radius 3 is 2.38 bits per heavy atom. The van der Waals surface area contributed by atoms with Crippen LogP contribution in [-0.4, -0.2) is 67.6 Å². The van der Waals surface area contributed by atoms with Crippen LogP contribution in [0.15, 0.2) is 0 Å². The van der Waals surface area contributed by atoms with E-state index in [0.29, 0.717) is 18.5 Å². The Labute approximate surface area is 130 Å². The quantitative estimate of drug-likeness (QED) is 0.699. The van der Waals surface area contributed by atoms with Crippen LogP contribution in [0, 0.1) is 5.92 Å². The van der Waals surface area contributed by atoms with E-state index in [4.69, 9.17) is 5.73 Å². The van der Waals surface area contributed by atoms with Crippen LogP contribution in [0.25, 0.3) is 0 Å².